The van der Waals surface area contributed by atoms with Crippen LogP contribution in [-0.2, 0) is 27.2 Å². The highest BCUT2D eigenvalue weighted by Gasteiger charge is 2.44. The largest absolute Gasteiger partial charge is 0.356 e. The molecule has 0 unspecified atom stereocenters. The summed E-state index contributed by atoms with van der Waals surface area (Å²) >= 11 is 12.5. The first-order valence-corrected chi connectivity index (χ1v) is 18.0. The number of nitrogens with two attached hydrogens (primary N) is 1. The number of rotatable bonds is 14. The van der Waals surface area contributed by atoms with Crippen molar-refractivity contribution in [2.45, 2.75) is 83.2 Å². The molecular weight excluding hydrogens is 651 g/mol. The second-order valence-corrected chi connectivity index (χ2v) is 13.9. The van der Waals surface area contributed by atoms with E-state index in [2.05, 4.69) is 16.0 Å². The van der Waals surface area contributed by atoms with Crippen LogP contribution >= 0.6 is 23.2 Å². The molecule has 2 aliphatic rings. The molecule has 10 nitrogen and oxygen atoms in total. The van der Waals surface area contributed by atoms with Gasteiger partial charge in [-0.2, -0.15) is 0 Å². The third kappa shape index (κ3) is 10.6. The van der Waals surface area contributed by atoms with Crippen molar-refractivity contribution in [2.24, 2.45) is 11.1 Å². The fourth-order valence-corrected chi connectivity index (χ4v) is 7.08. The minimum absolute atomic E-state index is 0.00468. The van der Waals surface area contributed by atoms with Gasteiger partial charge in [-0.3, -0.25) is 14.4 Å². The number of carbonyl (C=O) groups is 4. The van der Waals surface area contributed by atoms with Gasteiger partial charge in [-0.25, -0.2) is 4.79 Å². The summed E-state index contributed by atoms with van der Waals surface area (Å²) in [5.41, 5.74) is 6.54. The first-order valence-electron chi connectivity index (χ1n) is 17.2. The van der Waals surface area contributed by atoms with Crippen molar-refractivity contribution in [1.29, 1.82) is 0 Å². The van der Waals surface area contributed by atoms with Crippen molar-refractivity contribution in [3.63, 3.8) is 0 Å². The Morgan fingerprint density at radius 1 is 0.938 bits per heavy atom. The average molecular weight is 702 g/mol. The standard InChI is InChI=1S/C36H50Cl2N6O4/c1-2-40-34(47)36(24-26-10-5-3-6-11-26)17-9-19-44(25-36)33(46)31(23-27-13-14-29(37)30(38)22-27)42-35(48)43-20-15-28(16-21-43)41-32(45)12-7-4-8-18-39/h3,5-6,10-11,13-14,22,28,31H,2,4,7-9,12,15-21,23-25,39H2,1H3,(H,40,47)(H,41,45)(H,42,48)/t31-,36+/m1/s1. The van der Waals surface area contributed by atoms with Crippen LogP contribution in [0.4, 0.5) is 4.79 Å². The van der Waals surface area contributed by atoms with Crippen LogP contribution in [0.25, 0.3) is 0 Å². The van der Waals surface area contributed by atoms with Crippen LogP contribution in [-0.4, -0.2) is 84.9 Å². The zero-order valence-corrected chi connectivity index (χ0v) is 29.5. The SMILES string of the molecule is CCNC(=O)[C@]1(Cc2ccccc2)CCCN(C(=O)[C@@H](Cc2ccc(Cl)c(Cl)c2)NC(=O)N2CCC(NC(=O)CCCCCN)CC2)C1. The molecule has 48 heavy (non-hydrogen) atoms. The molecule has 5 N–H and O–H groups in total. The van der Waals surface area contributed by atoms with Gasteiger partial charge >= 0.3 is 6.03 Å². The molecule has 0 aromatic heterocycles. The number of benzene rings is 2. The van der Waals surface area contributed by atoms with E-state index < -0.39 is 11.5 Å². The molecule has 0 spiro atoms. The maximum absolute atomic E-state index is 14.3. The summed E-state index contributed by atoms with van der Waals surface area (Å²) in [6, 6.07) is 13.8. The third-order valence-electron chi connectivity index (χ3n) is 9.37. The Morgan fingerprint density at radius 2 is 1.69 bits per heavy atom. The van der Waals surface area contributed by atoms with E-state index in [1.165, 1.54) is 0 Å². The van der Waals surface area contributed by atoms with Crippen LogP contribution in [0.5, 0.6) is 0 Å². The lowest BCUT2D eigenvalue weighted by atomic mass is 9.74. The highest BCUT2D eigenvalue weighted by Crippen LogP contribution is 2.35. The van der Waals surface area contributed by atoms with Crippen LogP contribution in [0.2, 0.25) is 10.0 Å². The summed E-state index contributed by atoms with van der Waals surface area (Å²) in [6.45, 7) is 4.67. The number of unbranched alkanes of at least 4 members (excludes halogenated alkanes) is 2. The lowest BCUT2D eigenvalue weighted by Gasteiger charge is -2.43. The van der Waals surface area contributed by atoms with E-state index >= 15 is 0 Å². The topological polar surface area (TPSA) is 137 Å². The van der Waals surface area contributed by atoms with E-state index in [4.69, 9.17) is 28.9 Å². The minimum atomic E-state index is -0.887. The quantitative estimate of drug-likeness (QED) is 0.212. The predicted molar refractivity (Wildman–Crippen MR) is 190 cm³/mol. The third-order valence-corrected chi connectivity index (χ3v) is 10.1. The van der Waals surface area contributed by atoms with Crippen LogP contribution in [0.1, 0.15) is 69.4 Å². The van der Waals surface area contributed by atoms with Gasteiger partial charge in [0, 0.05) is 51.6 Å². The summed E-state index contributed by atoms with van der Waals surface area (Å²) in [6.07, 6.45) is 6.43. The number of hydrogen-bond donors (Lipinski definition) is 4. The predicted octanol–water partition coefficient (Wildman–Crippen LogP) is 4.70. The molecule has 262 valence electrons. The van der Waals surface area contributed by atoms with Crippen LogP contribution in [0.15, 0.2) is 48.5 Å². The molecule has 2 aromatic rings. The monoisotopic (exact) mass is 700 g/mol. The number of nitrogens with zero attached hydrogens (tertiary/aromatic N) is 2. The van der Waals surface area contributed by atoms with Gasteiger partial charge in [0.15, 0.2) is 0 Å². The van der Waals surface area contributed by atoms with E-state index in [1.54, 1.807) is 28.0 Å². The molecule has 4 rings (SSSR count). The van der Waals surface area contributed by atoms with Crippen molar-refractivity contribution in [3.8, 4) is 0 Å². The van der Waals surface area contributed by atoms with Crippen LogP contribution in [0.3, 0.4) is 0 Å². The summed E-state index contributed by atoms with van der Waals surface area (Å²) in [5.74, 6) is -0.283. The molecule has 0 saturated carbocycles. The van der Waals surface area contributed by atoms with E-state index in [-0.39, 0.29) is 42.8 Å². The highest BCUT2D eigenvalue weighted by molar-refractivity contribution is 6.42. The molecule has 2 atom stereocenters. The molecule has 2 fully saturated rings. The molecular formula is C36H50Cl2N6O4. The zero-order valence-electron chi connectivity index (χ0n) is 27.9. The second kappa shape index (κ2) is 18.4. The van der Waals surface area contributed by atoms with E-state index in [0.29, 0.717) is 81.3 Å². The fourth-order valence-electron chi connectivity index (χ4n) is 6.76. The van der Waals surface area contributed by atoms with Gasteiger partial charge in [0.2, 0.25) is 17.7 Å². The molecule has 12 heteroatoms. The van der Waals surface area contributed by atoms with Gasteiger partial charge in [0.05, 0.1) is 15.5 Å². The van der Waals surface area contributed by atoms with E-state index in [9.17, 15) is 19.2 Å². The van der Waals surface area contributed by atoms with Gasteiger partial charge in [-0.05, 0) is 81.7 Å². The van der Waals surface area contributed by atoms with Gasteiger partial charge in [-0.1, -0.05) is 66.0 Å². The Labute approximate surface area is 294 Å². The number of halogens is 2. The number of likely N-dealkylation sites (tertiary alicyclic amines) is 2. The number of nitrogens with one attached hydrogen (secondary N) is 3. The Morgan fingerprint density at radius 3 is 2.38 bits per heavy atom. The highest BCUT2D eigenvalue weighted by atomic mass is 35.5. The summed E-state index contributed by atoms with van der Waals surface area (Å²) in [4.78, 5) is 57.4. The molecule has 2 saturated heterocycles. The van der Waals surface area contributed by atoms with Gasteiger partial charge in [0.1, 0.15) is 6.04 Å². The summed E-state index contributed by atoms with van der Waals surface area (Å²) < 4.78 is 0. The fraction of sp³-hybridized carbons (Fsp3) is 0.556. The van der Waals surface area contributed by atoms with Gasteiger partial charge in [-0.15, -0.1) is 0 Å². The number of piperidine rings is 2. The molecule has 5 amide bonds. The maximum Gasteiger partial charge on any atom is 0.318 e. The smallest absolute Gasteiger partial charge is 0.318 e. The Hall–Kier alpha value is -3.34. The number of carbonyl (C=O) groups excluding carboxylic acids is 4. The first-order chi connectivity index (χ1) is 23.1. The lowest BCUT2D eigenvalue weighted by molar-refractivity contribution is -0.143. The molecule has 0 bridgehead atoms. The number of urea groups is 1. The van der Waals surface area contributed by atoms with Gasteiger partial charge in [0.25, 0.3) is 0 Å². The van der Waals surface area contributed by atoms with Crippen molar-refractivity contribution in [1.82, 2.24) is 25.8 Å². The molecule has 2 aromatic carbocycles. The maximum atomic E-state index is 14.3. The summed E-state index contributed by atoms with van der Waals surface area (Å²) in [5, 5.41) is 9.89. The number of hydrogen-bond acceptors (Lipinski definition) is 5. The minimum Gasteiger partial charge on any atom is -0.356 e. The zero-order chi connectivity index (χ0) is 34.5. The number of amides is 5. The van der Waals surface area contributed by atoms with Crippen LogP contribution in [0, 0.1) is 5.41 Å². The Kier molecular flexibility index (Phi) is 14.4. The normalized spacial score (nSPS) is 19.0. The Bertz CT molecular complexity index is 1390. The Balaban J connectivity index is 1.46. The molecule has 2 aliphatic heterocycles. The molecule has 2 heterocycles. The van der Waals surface area contributed by atoms with Crippen LogP contribution < -0.4 is 21.7 Å². The van der Waals surface area contributed by atoms with E-state index in [0.717, 1.165) is 30.4 Å². The summed E-state index contributed by atoms with van der Waals surface area (Å²) in [7, 11) is 0. The first kappa shape index (κ1) is 37.5. The lowest BCUT2D eigenvalue weighted by Crippen LogP contribution is -2.59. The van der Waals surface area contributed by atoms with Gasteiger partial charge < -0.3 is 31.5 Å². The second-order valence-electron chi connectivity index (χ2n) is 13.0. The molecule has 0 aliphatic carbocycles. The van der Waals surface area contributed by atoms with Crippen molar-refractivity contribution < 1.29 is 19.2 Å². The molecule has 0 radical (unpaired) electrons. The van der Waals surface area contributed by atoms with Crippen molar-refractivity contribution >= 4 is 47.0 Å². The van der Waals surface area contributed by atoms with E-state index in [1.807, 2.05) is 37.3 Å². The van der Waals surface area contributed by atoms with Crippen molar-refractivity contribution in [3.05, 3.63) is 69.7 Å². The van der Waals surface area contributed by atoms with Crippen molar-refractivity contribution in [2.75, 3.05) is 39.3 Å². The average Bonchev–Trinajstić information content (AvgIpc) is 3.08.